The molecule has 3 atom stereocenters. The molecule has 1 aliphatic carbocycles. The van der Waals surface area contributed by atoms with Crippen molar-refractivity contribution in [3.05, 3.63) is 70.2 Å². The predicted molar refractivity (Wildman–Crippen MR) is 226 cm³/mol. The van der Waals surface area contributed by atoms with E-state index in [1.54, 1.807) is 25.4 Å². The third-order valence-corrected chi connectivity index (χ3v) is 13.3. The van der Waals surface area contributed by atoms with Gasteiger partial charge < -0.3 is 24.6 Å². The molecule has 10 rings (SSSR count). The Morgan fingerprint density at radius 2 is 1.92 bits per heavy atom. The van der Waals surface area contributed by atoms with Crippen molar-refractivity contribution in [3.8, 4) is 11.8 Å². The molecule has 4 saturated heterocycles. The third-order valence-electron chi connectivity index (χ3n) is 13.3. The number of carbonyl (C=O) groups is 3. The van der Waals surface area contributed by atoms with Gasteiger partial charge in [-0.05, 0) is 75.5 Å². The molecule has 63 heavy (non-hydrogen) atoms. The molecule has 5 fully saturated rings. The number of anilines is 2. The molecule has 8 heterocycles. The standard InChI is InChI=1S/C44H49F2N11O6/c1-52-39-27(4-2-6-34(39)57(44(52)61)35-11-12-37(58)50-43(35)60)5-3-19-62-30-13-16-53(17-14-30)22-26-7-9-28(10-8-26)56-24-33(38(51-56)40(45)46)48-42(59)32-21-47-55-18-15-36(49-41(32)55)54-23-31-20-29(54)25-63-31/h2,4,6,15,18,21,24,26,28-31,35,40H,7-14,16-17,19-20,22-23,25H2,1H3,(H,48,59)(H,50,58,60)/t26?,28?,29-,31-,35?/m1/s1/i26D. The van der Waals surface area contributed by atoms with Crippen LogP contribution in [0.1, 0.15) is 99.3 Å². The number of hydrogen-bond acceptors (Lipinski definition) is 11. The second kappa shape index (κ2) is 17.0. The number of morpholine rings is 1. The number of nitrogens with one attached hydrogen (secondary N) is 2. The molecule has 2 N–H and O–H groups in total. The number of likely N-dealkylation sites (tertiary alicyclic amines) is 1. The fraction of sp³-hybridized carbons (Fsp3) is 0.523. The van der Waals surface area contributed by atoms with E-state index in [1.165, 1.54) is 30.7 Å². The number of aryl methyl sites for hydroxylation is 1. The molecule has 0 radical (unpaired) electrons. The minimum Gasteiger partial charge on any atom is -0.374 e. The maximum Gasteiger partial charge on any atom is 0.329 e. The number of amides is 3. The molecule has 1 saturated carbocycles. The van der Waals surface area contributed by atoms with Crippen LogP contribution in [0.15, 0.2) is 47.7 Å². The lowest BCUT2D eigenvalue weighted by atomic mass is 9.85. The van der Waals surface area contributed by atoms with Crippen LogP contribution in [0.5, 0.6) is 0 Å². The SMILES string of the molecule is [2H]C1(CN2CCC(OCC#Cc3cccc4c3n(C)c(=O)n4C3CCC(=O)NC3=O)CC2)CCC(n2cc(NC(=O)c3cnn4ccc(N5C[C@H]6C[C@@H]5CO6)nc34)c(C(F)F)n2)CC1. The van der Waals surface area contributed by atoms with Crippen molar-refractivity contribution in [2.45, 2.75) is 94.5 Å². The highest BCUT2D eigenvalue weighted by Gasteiger charge is 2.40. The van der Waals surface area contributed by atoms with Gasteiger partial charge in [0.25, 0.3) is 12.3 Å². The van der Waals surface area contributed by atoms with Crippen LogP contribution >= 0.6 is 0 Å². The van der Waals surface area contributed by atoms with Crippen molar-refractivity contribution < 1.29 is 34.0 Å². The zero-order valence-electron chi connectivity index (χ0n) is 35.8. The maximum absolute atomic E-state index is 14.3. The van der Waals surface area contributed by atoms with E-state index >= 15 is 0 Å². The van der Waals surface area contributed by atoms with Crippen LogP contribution in [0, 0.1) is 17.7 Å². The molecule has 17 nitrogen and oxygen atoms in total. The number of imide groups is 1. The average Bonchev–Trinajstić information content (AvgIpc) is 4.13. The van der Waals surface area contributed by atoms with Crippen LogP contribution in [-0.2, 0) is 26.1 Å². The lowest BCUT2D eigenvalue weighted by molar-refractivity contribution is -0.135. The molecular weight excluding hydrogens is 817 g/mol. The number of benzene rings is 1. The van der Waals surface area contributed by atoms with E-state index in [1.807, 2.05) is 12.1 Å². The number of para-hydroxylation sites is 1. The topological polar surface area (TPSA) is 175 Å². The normalized spacial score (nSPS) is 25.8. The molecule has 0 spiro atoms. The Morgan fingerprint density at radius 3 is 2.67 bits per heavy atom. The summed E-state index contributed by atoms with van der Waals surface area (Å²) in [5.74, 6) is 4.82. The Morgan fingerprint density at radius 1 is 1.10 bits per heavy atom. The van der Waals surface area contributed by atoms with Crippen molar-refractivity contribution >= 4 is 45.9 Å². The second-order valence-corrected chi connectivity index (χ2v) is 17.2. The van der Waals surface area contributed by atoms with Crippen LogP contribution in [0.3, 0.4) is 0 Å². The first-order chi connectivity index (χ1) is 30.9. The van der Waals surface area contributed by atoms with Gasteiger partial charge in [0.1, 0.15) is 24.0 Å². The van der Waals surface area contributed by atoms with Crippen LogP contribution in [0.2, 0.25) is 0 Å². The van der Waals surface area contributed by atoms with E-state index in [0.29, 0.717) is 66.9 Å². The molecular formula is C44H49F2N11O6. The van der Waals surface area contributed by atoms with Gasteiger partial charge in [0.2, 0.25) is 11.8 Å². The molecule has 4 aliphatic heterocycles. The van der Waals surface area contributed by atoms with Crippen molar-refractivity contribution in [1.29, 1.82) is 0 Å². The molecule has 2 bridgehead atoms. The van der Waals surface area contributed by atoms with Gasteiger partial charge in [0, 0.05) is 53.4 Å². The predicted octanol–water partition coefficient (Wildman–Crippen LogP) is 3.99. The maximum atomic E-state index is 14.3. The molecule has 1 unspecified atom stereocenters. The lowest BCUT2D eigenvalue weighted by Crippen LogP contribution is -2.44. The van der Waals surface area contributed by atoms with Crippen molar-refractivity contribution in [2.75, 3.05) is 49.6 Å². The summed E-state index contributed by atoms with van der Waals surface area (Å²) in [4.78, 5) is 60.3. The number of hydrogen-bond donors (Lipinski definition) is 2. The highest BCUT2D eigenvalue weighted by molar-refractivity contribution is 6.08. The summed E-state index contributed by atoms with van der Waals surface area (Å²) in [6.45, 7) is 3.69. The largest absolute Gasteiger partial charge is 0.374 e. The number of rotatable bonds is 10. The van der Waals surface area contributed by atoms with Crippen molar-refractivity contribution in [2.24, 2.45) is 12.9 Å². The van der Waals surface area contributed by atoms with Crippen LogP contribution in [0.4, 0.5) is 20.3 Å². The Bertz CT molecular complexity index is 2760. The molecule has 330 valence electrons. The smallest absolute Gasteiger partial charge is 0.329 e. The summed E-state index contributed by atoms with van der Waals surface area (Å²) >= 11 is 0. The highest BCUT2D eigenvalue weighted by Crippen LogP contribution is 2.36. The van der Waals surface area contributed by atoms with Gasteiger partial charge in [-0.3, -0.25) is 33.5 Å². The van der Waals surface area contributed by atoms with Gasteiger partial charge in [0.15, 0.2) is 11.3 Å². The van der Waals surface area contributed by atoms with E-state index in [2.05, 4.69) is 42.5 Å². The summed E-state index contributed by atoms with van der Waals surface area (Å²) in [5, 5.41) is 13.5. The average molecular weight is 867 g/mol. The number of imidazole rings is 1. The lowest BCUT2D eigenvalue weighted by Gasteiger charge is -2.36. The minimum atomic E-state index is -2.91. The van der Waals surface area contributed by atoms with E-state index in [9.17, 15) is 29.3 Å². The van der Waals surface area contributed by atoms with Gasteiger partial charge in [0.05, 0.1) is 59.4 Å². The number of ether oxygens (including phenoxy) is 2. The quantitative estimate of drug-likeness (QED) is 0.154. The van der Waals surface area contributed by atoms with Crippen LogP contribution in [0.25, 0.3) is 16.7 Å². The van der Waals surface area contributed by atoms with E-state index in [4.69, 9.17) is 14.5 Å². The van der Waals surface area contributed by atoms with Crippen molar-refractivity contribution in [1.82, 2.24) is 43.7 Å². The van der Waals surface area contributed by atoms with Gasteiger partial charge >= 0.3 is 5.69 Å². The summed E-state index contributed by atoms with van der Waals surface area (Å²) in [5.41, 5.74) is 1.40. The van der Waals surface area contributed by atoms with Crippen molar-refractivity contribution in [3.63, 3.8) is 0 Å². The number of halogens is 2. The summed E-state index contributed by atoms with van der Waals surface area (Å²) in [7, 11) is 1.64. The van der Waals surface area contributed by atoms with E-state index in [-0.39, 0.29) is 66.6 Å². The van der Waals surface area contributed by atoms with Gasteiger partial charge in [-0.25, -0.2) is 23.1 Å². The third kappa shape index (κ3) is 8.00. The Balaban J connectivity index is 0.712. The summed E-state index contributed by atoms with van der Waals surface area (Å²) in [6, 6.07) is 6.50. The second-order valence-electron chi connectivity index (χ2n) is 17.2. The summed E-state index contributed by atoms with van der Waals surface area (Å²) < 4.78 is 55.8. The molecule has 5 aliphatic rings. The monoisotopic (exact) mass is 866 g/mol. The van der Waals surface area contributed by atoms with Crippen LogP contribution < -0.4 is 21.2 Å². The van der Waals surface area contributed by atoms with E-state index < -0.39 is 35.9 Å². The minimum absolute atomic E-state index is 0.0115. The van der Waals surface area contributed by atoms with Gasteiger partial charge in [-0.15, -0.1) is 0 Å². The number of piperidine rings is 2. The Kier molecular flexibility index (Phi) is 10.7. The first kappa shape index (κ1) is 39.8. The summed E-state index contributed by atoms with van der Waals surface area (Å²) in [6.07, 6.45) is 7.13. The number of nitrogens with zero attached hydrogens (tertiary/aromatic N) is 9. The number of fused-ring (bicyclic) bond motifs is 4. The zero-order valence-corrected chi connectivity index (χ0v) is 34.8. The molecule has 5 aromatic rings. The fourth-order valence-electron chi connectivity index (χ4n) is 9.94. The number of carbonyl (C=O) groups excluding carboxylic acids is 3. The van der Waals surface area contributed by atoms with E-state index in [0.717, 1.165) is 38.9 Å². The zero-order chi connectivity index (χ0) is 44.3. The first-order valence-corrected chi connectivity index (χ1v) is 21.7. The molecule has 19 heteroatoms. The first-order valence-electron chi connectivity index (χ1n) is 22.2. The van der Waals surface area contributed by atoms with Crippen LogP contribution in [-0.4, -0.2) is 114 Å². The number of alkyl halides is 2. The highest BCUT2D eigenvalue weighted by atomic mass is 19.3. The molecule has 3 amide bonds. The van der Waals surface area contributed by atoms with Gasteiger partial charge in [-0.1, -0.05) is 17.9 Å². The molecule has 4 aromatic heterocycles. The number of aromatic nitrogens is 7. The molecule has 1 aromatic carbocycles. The Hall–Kier alpha value is -5.97. The fourth-order valence-corrected chi connectivity index (χ4v) is 9.94. The van der Waals surface area contributed by atoms with Gasteiger partial charge in [-0.2, -0.15) is 10.2 Å². The Labute approximate surface area is 362 Å².